The Morgan fingerprint density at radius 2 is 2.50 bits per heavy atom. The number of carbonyl (C=O) groups excluding carboxylic acids is 1. The van der Waals surface area contributed by atoms with Crippen LogP contribution in [0.3, 0.4) is 0 Å². The van der Waals surface area contributed by atoms with E-state index in [0.29, 0.717) is 17.7 Å². The molecule has 44 valence electrons. The molecule has 1 N–H and O–H groups in total. The molecule has 2 heteroatoms. The van der Waals surface area contributed by atoms with Gasteiger partial charge in [-0.3, -0.25) is 4.79 Å². The van der Waals surface area contributed by atoms with Gasteiger partial charge in [-0.2, -0.15) is 0 Å². The quantitative estimate of drug-likeness (QED) is 0.474. The number of carbonyl (C=O) groups is 1. The topological polar surface area (TPSA) is 29.1 Å². The van der Waals surface area contributed by atoms with E-state index in [1.54, 1.807) is 0 Å². The smallest absolute Gasteiger partial charge is 0.138 e. The Kier molecular flexibility index (Phi) is 0.742. The van der Waals surface area contributed by atoms with Crippen molar-refractivity contribution >= 4 is 5.78 Å². The third kappa shape index (κ3) is 0.436. The van der Waals surface area contributed by atoms with Crippen molar-refractivity contribution in [3.05, 3.63) is 0 Å². The van der Waals surface area contributed by atoms with E-state index in [4.69, 9.17) is 0 Å². The molecule has 0 aromatic carbocycles. The Hall–Kier alpha value is -0.370. The molecule has 2 unspecified atom stereocenters. The van der Waals surface area contributed by atoms with Crippen LogP contribution in [0.2, 0.25) is 0 Å². The molecular formula is C6H9NO. The Labute approximate surface area is 48.3 Å². The van der Waals surface area contributed by atoms with Crippen LogP contribution in [0.25, 0.3) is 0 Å². The van der Waals surface area contributed by atoms with Crippen LogP contribution in [0.15, 0.2) is 0 Å². The molecule has 2 atom stereocenters. The Morgan fingerprint density at radius 1 is 1.62 bits per heavy atom. The monoisotopic (exact) mass is 111 g/mol. The van der Waals surface area contributed by atoms with Crippen LogP contribution < -0.4 is 5.32 Å². The van der Waals surface area contributed by atoms with Gasteiger partial charge in [0, 0.05) is 24.9 Å². The summed E-state index contributed by atoms with van der Waals surface area (Å²) < 4.78 is 0. The van der Waals surface area contributed by atoms with Gasteiger partial charge in [-0.15, -0.1) is 0 Å². The van der Waals surface area contributed by atoms with Gasteiger partial charge in [0.1, 0.15) is 5.78 Å². The molecule has 1 aliphatic heterocycles. The maximum atomic E-state index is 10.8. The summed E-state index contributed by atoms with van der Waals surface area (Å²) in [7, 11) is 0. The molecule has 2 rings (SSSR count). The summed E-state index contributed by atoms with van der Waals surface area (Å²) in [4.78, 5) is 10.8. The van der Waals surface area contributed by atoms with Gasteiger partial charge in [-0.05, 0) is 6.42 Å². The average molecular weight is 111 g/mol. The highest BCUT2D eigenvalue weighted by atomic mass is 16.1. The van der Waals surface area contributed by atoms with Crippen molar-refractivity contribution < 1.29 is 4.79 Å². The highest BCUT2D eigenvalue weighted by molar-refractivity contribution is 5.85. The van der Waals surface area contributed by atoms with Gasteiger partial charge in [0.25, 0.3) is 0 Å². The molecule has 1 aliphatic carbocycles. The van der Waals surface area contributed by atoms with E-state index < -0.39 is 0 Å². The van der Waals surface area contributed by atoms with Crippen LogP contribution in [0, 0.1) is 5.92 Å². The predicted molar refractivity (Wildman–Crippen MR) is 29.5 cm³/mol. The van der Waals surface area contributed by atoms with Gasteiger partial charge >= 0.3 is 0 Å². The lowest BCUT2D eigenvalue weighted by Gasteiger charge is -2.07. The van der Waals surface area contributed by atoms with E-state index in [2.05, 4.69) is 5.32 Å². The van der Waals surface area contributed by atoms with Gasteiger partial charge in [-0.1, -0.05) is 0 Å². The summed E-state index contributed by atoms with van der Waals surface area (Å²) in [6.45, 7) is 0.948. The van der Waals surface area contributed by atoms with Gasteiger partial charge in [-0.25, -0.2) is 0 Å². The van der Waals surface area contributed by atoms with Crippen molar-refractivity contribution in [1.82, 2.24) is 5.32 Å². The third-order valence-corrected chi connectivity index (χ3v) is 2.12. The second-order valence-electron chi connectivity index (χ2n) is 2.71. The summed E-state index contributed by atoms with van der Waals surface area (Å²) in [6.07, 6.45) is 1.91. The molecular weight excluding hydrogens is 102 g/mol. The molecule has 2 aliphatic rings. The Morgan fingerprint density at radius 3 is 2.75 bits per heavy atom. The summed E-state index contributed by atoms with van der Waals surface area (Å²) in [5, 5.41) is 3.27. The first-order chi connectivity index (χ1) is 3.86. The number of hydrogen-bond donors (Lipinski definition) is 1. The SMILES string of the molecule is O=C1CC2CC1CN2. The van der Waals surface area contributed by atoms with E-state index >= 15 is 0 Å². The highest BCUT2D eigenvalue weighted by Gasteiger charge is 2.37. The fourth-order valence-electron chi connectivity index (χ4n) is 1.63. The standard InChI is InChI=1S/C6H9NO/c8-6-2-5-1-4(6)3-7-5/h4-5,7H,1-3H2. The van der Waals surface area contributed by atoms with Gasteiger partial charge in [0.15, 0.2) is 0 Å². The lowest BCUT2D eigenvalue weighted by atomic mass is 10.1. The Bertz CT molecular complexity index is 132. The normalized spacial score (nSPS) is 43.8. The van der Waals surface area contributed by atoms with Crippen LogP contribution in [0.1, 0.15) is 12.8 Å². The molecule has 1 saturated carbocycles. The molecule has 2 bridgehead atoms. The number of nitrogens with one attached hydrogen (secondary N) is 1. The number of fused-ring (bicyclic) bond motifs is 2. The molecule has 1 saturated heterocycles. The zero-order valence-electron chi connectivity index (χ0n) is 4.68. The predicted octanol–water partition coefficient (Wildman–Crippen LogP) is -0.0627. The van der Waals surface area contributed by atoms with E-state index in [-0.39, 0.29) is 0 Å². The van der Waals surface area contributed by atoms with Gasteiger partial charge < -0.3 is 5.32 Å². The fourth-order valence-corrected chi connectivity index (χ4v) is 1.63. The summed E-state index contributed by atoms with van der Waals surface area (Å²) >= 11 is 0. The van der Waals surface area contributed by atoms with Crippen LogP contribution in [-0.4, -0.2) is 18.4 Å². The van der Waals surface area contributed by atoms with Crippen molar-refractivity contribution in [3.63, 3.8) is 0 Å². The number of piperidine rings is 1. The molecule has 0 radical (unpaired) electrons. The number of ketones is 1. The van der Waals surface area contributed by atoms with Gasteiger partial charge in [0.05, 0.1) is 0 Å². The molecule has 1 heterocycles. The second kappa shape index (κ2) is 1.32. The molecule has 2 fully saturated rings. The first-order valence-electron chi connectivity index (χ1n) is 3.12. The van der Waals surface area contributed by atoms with E-state index in [0.717, 1.165) is 19.4 Å². The van der Waals surface area contributed by atoms with Crippen molar-refractivity contribution in [2.45, 2.75) is 18.9 Å². The molecule has 0 aromatic heterocycles. The number of hydrogen-bond acceptors (Lipinski definition) is 2. The molecule has 0 amide bonds. The Balaban J connectivity index is 2.22. The van der Waals surface area contributed by atoms with Crippen LogP contribution in [0.5, 0.6) is 0 Å². The summed E-state index contributed by atoms with van der Waals surface area (Å²) in [5.41, 5.74) is 0. The number of rotatable bonds is 0. The van der Waals surface area contributed by atoms with E-state index in [1.807, 2.05) is 0 Å². The minimum absolute atomic E-state index is 0.389. The van der Waals surface area contributed by atoms with Gasteiger partial charge in [0.2, 0.25) is 0 Å². The van der Waals surface area contributed by atoms with Crippen molar-refractivity contribution in [3.8, 4) is 0 Å². The first kappa shape index (κ1) is 4.50. The third-order valence-electron chi connectivity index (χ3n) is 2.12. The van der Waals surface area contributed by atoms with E-state index in [9.17, 15) is 4.79 Å². The minimum Gasteiger partial charge on any atom is -0.313 e. The fraction of sp³-hybridized carbons (Fsp3) is 0.833. The molecule has 0 spiro atoms. The van der Waals surface area contributed by atoms with Crippen LogP contribution in [0.4, 0.5) is 0 Å². The van der Waals surface area contributed by atoms with Crippen molar-refractivity contribution in [2.24, 2.45) is 5.92 Å². The number of Topliss-reactive ketones (excluding diaryl/α,β-unsaturated/α-hetero) is 1. The summed E-state index contributed by atoms with van der Waals surface area (Å²) in [5.74, 6) is 0.869. The van der Waals surface area contributed by atoms with Crippen LogP contribution in [-0.2, 0) is 4.79 Å². The minimum atomic E-state index is 0.389. The zero-order valence-corrected chi connectivity index (χ0v) is 4.68. The zero-order chi connectivity index (χ0) is 5.56. The lowest BCUT2D eigenvalue weighted by molar-refractivity contribution is -0.121. The maximum absolute atomic E-state index is 10.8. The van der Waals surface area contributed by atoms with Crippen molar-refractivity contribution in [2.75, 3.05) is 6.54 Å². The van der Waals surface area contributed by atoms with Crippen molar-refractivity contribution in [1.29, 1.82) is 0 Å². The van der Waals surface area contributed by atoms with Crippen LogP contribution >= 0.6 is 0 Å². The maximum Gasteiger partial charge on any atom is 0.138 e. The molecule has 0 aromatic rings. The average Bonchev–Trinajstić information content (AvgIpc) is 2.23. The highest BCUT2D eigenvalue weighted by Crippen LogP contribution is 2.26. The molecule has 8 heavy (non-hydrogen) atoms. The van der Waals surface area contributed by atoms with E-state index in [1.165, 1.54) is 0 Å². The lowest BCUT2D eigenvalue weighted by Crippen LogP contribution is -2.29. The second-order valence-corrected chi connectivity index (χ2v) is 2.71. The summed E-state index contributed by atoms with van der Waals surface area (Å²) in [6, 6.07) is 0.549. The largest absolute Gasteiger partial charge is 0.313 e. The molecule has 2 nitrogen and oxygen atoms in total. The first-order valence-corrected chi connectivity index (χ1v) is 3.12.